The molecule has 3 aliphatic rings. The second kappa shape index (κ2) is 11.9. The van der Waals surface area contributed by atoms with Crippen LogP contribution in [-0.4, -0.2) is 85.4 Å². The Morgan fingerprint density at radius 1 is 1.23 bits per heavy atom. The Kier molecular flexibility index (Phi) is 8.79. The SMILES string of the molecule is CCOC(=O)[C@@]12C[C@H]1/C=C\CCCCC[C@H](NC(=O)OC(C)(C)C)C(=O)N1CC(n3nnc(C)n3)C[C@H]1C(=O)N2. The molecule has 1 aliphatic carbocycles. The molecule has 1 aromatic heterocycles. The summed E-state index contributed by atoms with van der Waals surface area (Å²) in [6.07, 6.45) is 7.63. The number of tetrazole rings is 1. The summed E-state index contributed by atoms with van der Waals surface area (Å²) >= 11 is 0. The van der Waals surface area contributed by atoms with E-state index in [4.69, 9.17) is 9.47 Å². The zero-order valence-corrected chi connectivity index (χ0v) is 24.0. The van der Waals surface area contributed by atoms with E-state index in [-0.39, 0.29) is 25.5 Å². The molecule has 0 bridgehead atoms. The molecule has 40 heavy (non-hydrogen) atoms. The molecule has 5 atom stereocenters. The van der Waals surface area contributed by atoms with Crippen molar-refractivity contribution in [1.82, 2.24) is 35.7 Å². The van der Waals surface area contributed by atoms with Crippen molar-refractivity contribution in [3.8, 4) is 0 Å². The number of carbonyl (C=O) groups is 4. The third kappa shape index (κ3) is 6.79. The van der Waals surface area contributed by atoms with Crippen molar-refractivity contribution >= 4 is 23.9 Å². The molecule has 0 radical (unpaired) electrons. The number of alkyl carbamates (subject to hydrolysis) is 1. The molecule has 1 aromatic rings. The van der Waals surface area contributed by atoms with Gasteiger partial charge in [0.1, 0.15) is 23.2 Å². The van der Waals surface area contributed by atoms with E-state index in [9.17, 15) is 19.2 Å². The van der Waals surface area contributed by atoms with Crippen LogP contribution in [0.5, 0.6) is 0 Å². The third-order valence-electron chi connectivity index (χ3n) is 7.44. The first-order chi connectivity index (χ1) is 18.9. The Hall–Kier alpha value is -3.51. The number of aromatic nitrogens is 4. The van der Waals surface area contributed by atoms with E-state index in [0.29, 0.717) is 25.1 Å². The Labute approximate surface area is 234 Å². The first-order valence-electron chi connectivity index (χ1n) is 14.2. The molecule has 4 rings (SSSR count). The van der Waals surface area contributed by atoms with Crippen molar-refractivity contribution in [2.45, 2.75) is 109 Å². The summed E-state index contributed by atoms with van der Waals surface area (Å²) in [7, 11) is 0. The van der Waals surface area contributed by atoms with Crippen molar-refractivity contribution in [2.75, 3.05) is 13.2 Å². The molecule has 0 spiro atoms. The third-order valence-corrected chi connectivity index (χ3v) is 7.44. The number of allylic oxidation sites excluding steroid dienone is 1. The number of hydrogen-bond acceptors (Lipinski definition) is 9. The number of rotatable bonds is 4. The fourth-order valence-electron chi connectivity index (χ4n) is 5.39. The Morgan fingerprint density at radius 2 is 2.00 bits per heavy atom. The summed E-state index contributed by atoms with van der Waals surface area (Å²) < 4.78 is 10.8. The topological polar surface area (TPSA) is 158 Å². The van der Waals surface area contributed by atoms with Gasteiger partial charge in [-0.1, -0.05) is 25.0 Å². The number of aryl methyl sites for hydroxylation is 1. The summed E-state index contributed by atoms with van der Waals surface area (Å²) in [5, 5.41) is 18.0. The predicted octanol–water partition coefficient (Wildman–Crippen LogP) is 1.98. The zero-order chi connectivity index (χ0) is 29.1. The standard InChI is InChI=1S/C27H41N7O6/c1-6-39-24(37)27-15-18(27)12-10-8-7-9-11-13-20(28-25(38)40-26(3,4)5)23(36)33-16-19(14-21(33)22(35)29-27)34-31-17(2)30-32-34/h10,12,18-21H,6-9,11,13-16H2,1-5H3,(H,28,38)(H,29,35)/b12-10-/t18-,19?,20+,21+,27-/m1/s1. The minimum Gasteiger partial charge on any atom is -0.464 e. The first-order valence-corrected chi connectivity index (χ1v) is 14.2. The number of ether oxygens (including phenoxy) is 2. The van der Waals surface area contributed by atoms with E-state index in [1.165, 1.54) is 9.70 Å². The summed E-state index contributed by atoms with van der Waals surface area (Å²) in [4.78, 5) is 56.4. The van der Waals surface area contributed by atoms with Gasteiger partial charge in [-0.3, -0.25) is 9.59 Å². The van der Waals surface area contributed by atoms with Gasteiger partial charge < -0.3 is 25.0 Å². The minimum absolute atomic E-state index is 0.148. The Morgan fingerprint density at radius 3 is 2.67 bits per heavy atom. The first kappa shape index (κ1) is 29.5. The lowest BCUT2D eigenvalue weighted by Gasteiger charge is -2.30. The van der Waals surface area contributed by atoms with Crippen molar-refractivity contribution in [1.29, 1.82) is 0 Å². The van der Waals surface area contributed by atoms with E-state index in [2.05, 4.69) is 26.0 Å². The van der Waals surface area contributed by atoms with Gasteiger partial charge in [-0.25, -0.2) is 9.59 Å². The molecule has 3 heterocycles. The average molecular weight is 560 g/mol. The maximum atomic E-state index is 14.0. The molecular weight excluding hydrogens is 518 g/mol. The molecule has 2 fully saturated rings. The van der Waals surface area contributed by atoms with E-state index in [0.717, 1.165) is 19.3 Å². The predicted molar refractivity (Wildman–Crippen MR) is 143 cm³/mol. The number of carbonyl (C=O) groups excluding carboxylic acids is 4. The highest BCUT2D eigenvalue weighted by Gasteiger charge is 2.62. The highest BCUT2D eigenvalue weighted by Crippen LogP contribution is 2.46. The monoisotopic (exact) mass is 559 g/mol. The van der Waals surface area contributed by atoms with Crippen LogP contribution in [0.1, 0.15) is 84.5 Å². The van der Waals surface area contributed by atoms with Gasteiger partial charge in [0.15, 0.2) is 5.82 Å². The zero-order valence-electron chi connectivity index (χ0n) is 24.0. The van der Waals surface area contributed by atoms with Gasteiger partial charge in [-0.05, 0) is 65.5 Å². The molecule has 1 saturated heterocycles. The number of fused-ring (bicyclic) bond motifs is 2. The van der Waals surface area contributed by atoms with Crippen LogP contribution < -0.4 is 10.6 Å². The number of esters is 1. The molecule has 1 unspecified atom stereocenters. The average Bonchev–Trinajstić information content (AvgIpc) is 3.17. The molecule has 1 saturated carbocycles. The van der Waals surface area contributed by atoms with E-state index in [1.807, 2.05) is 12.2 Å². The lowest BCUT2D eigenvalue weighted by atomic mass is 10.0. The van der Waals surface area contributed by atoms with Crippen LogP contribution in [0.25, 0.3) is 0 Å². The lowest BCUT2D eigenvalue weighted by Crippen LogP contribution is -2.56. The Bertz CT molecular complexity index is 1140. The fourth-order valence-corrected chi connectivity index (χ4v) is 5.39. The number of hydrogen-bond donors (Lipinski definition) is 2. The van der Waals surface area contributed by atoms with Crippen LogP contribution >= 0.6 is 0 Å². The van der Waals surface area contributed by atoms with Gasteiger partial charge in [0.2, 0.25) is 11.8 Å². The smallest absolute Gasteiger partial charge is 0.408 e. The van der Waals surface area contributed by atoms with E-state index in [1.54, 1.807) is 34.6 Å². The minimum atomic E-state index is -1.16. The van der Waals surface area contributed by atoms with Gasteiger partial charge in [0.25, 0.3) is 0 Å². The van der Waals surface area contributed by atoms with Crippen LogP contribution in [0, 0.1) is 12.8 Å². The second-order valence-corrected chi connectivity index (χ2v) is 11.8. The van der Waals surface area contributed by atoms with E-state index >= 15 is 0 Å². The summed E-state index contributed by atoms with van der Waals surface area (Å²) in [5.41, 5.74) is -1.90. The van der Waals surface area contributed by atoms with Crippen molar-refractivity contribution in [2.24, 2.45) is 5.92 Å². The van der Waals surface area contributed by atoms with Crippen LogP contribution in [0.3, 0.4) is 0 Å². The highest BCUT2D eigenvalue weighted by molar-refractivity contribution is 5.96. The quantitative estimate of drug-likeness (QED) is 0.416. The van der Waals surface area contributed by atoms with Gasteiger partial charge in [-0.2, -0.15) is 4.80 Å². The van der Waals surface area contributed by atoms with Crippen LogP contribution in [0.15, 0.2) is 12.2 Å². The molecule has 2 N–H and O–H groups in total. The van der Waals surface area contributed by atoms with Gasteiger partial charge in [0.05, 0.1) is 12.6 Å². The fraction of sp³-hybridized carbons (Fsp3) is 0.741. The summed E-state index contributed by atoms with van der Waals surface area (Å²) in [6, 6.07) is -2.20. The molecule has 2 aliphatic heterocycles. The van der Waals surface area contributed by atoms with Crippen molar-refractivity contribution < 1.29 is 28.7 Å². The van der Waals surface area contributed by atoms with Crippen LogP contribution in [0.2, 0.25) is 0 Å². The maximum Gasteiger partial charge on any atom is 0.408 e. The van der Waals surface area contributed by atoms with Gasteiger partial charge in [-0.15, -0.1) is 10.2 Å². The molecule has 220 valence electrons. The van der Waals surface area contributed by atoms with Gasteiger partial charge >= 0.3 is 12.1 Å². The number of nitrogens with zero attached hydrogens (tertiary/aromatic N) is 5. The summed E-state index contributed by atoms with van der Waals surface area (Å²) in [6.45, 7) is 9.03. The molecule has 3 amide bonds. The number of amides is 3. The molecular formula is C27H41N7O6. The Balaban J connectivity index is 1.64. The molecule has 0 aromatic carbocycles. The molecule has 13 heteroatoms. The lowest BCUT2D eigenvalue weighted by molar-refractivity contribution is -0.150. The van der Waals surface area contributed by atoms with Crippen LogP contribution in [-0.2, 0) is 23.9 Å². The molecule has 13 nitrogen and oxygen atoms in total. The maximum absolute atomic E-state index is 14.0. The second-order valence-electron chi connectivity index (χ2n) is 11.8. The summed E-state index contributed by atoms with van der Waals surface area (Å²) in [5.74, 6) is -1.03. The normalized spacial score (nSPS) is 30.2. The number of nitrogens with one attached hydrogen (secondary N) is 2. The largest absolute Gasteiger partial charge is 0.464 e. The van der Waals surface area contributed by atoms with Crippen molar-refractivity contribution in [3.05, 3.63) is 18.0 Å². The highest BCUT2D eigenvalue weighted by atomic mass is 16.6. The van der Waals surface area contributed by atoms with Crippen LogP contribution in [0.4, 0.5) is 4.79 Å². The van der Waals surface area contributed by atoms with Crippen molar-refractivity contribution in [3.63, 3.8) is 0 Å². The van der Waals surface area contributed by atoms with E-state index < -0.39 is 53.1 Å². The van der Waals surface area contributed by atoms with Gasteiger partial charge in [0, 0.05) is 18.9 Å².